The minimum atomic E-state index is -4.92. The Morgan fingerprint density at radius 1 is 1.33 bits per heavy atom. The van der Waals surface area contributed by atoms with Gasteiger partial charge in [-0.25, -0.2) is 4.39 Å². The van der Waals surface area contributed by atoms with Gasteiger partial charge in [0.25, 0.3) is 10.1 Å². The third kappa shape index (κ3) is 7.23. The Kier molecular flexibility index (Phi) is 7.76. The van der Waals surface area contributed by atoms with Crippen molar-refractivity contribution < 1.29 is 31.7 Å². The lowest BCUT2D eigenvalue weighted by Crippen LogP contribution is -2.20. The Balaban J connectivity index is 2.49. The Morgan fingerprint density at radius 2 is 1.96 bits per heavy atom. The van der Waals surface area contributed by atoms with E-state index >= 15 is 0 Å². The fourth-order valence-corrected chi connectivity index (χ4v) is 4.64. The lowest BCUT2D eigenvalue weighted by molar-refractivity contribution is 0.360. The molecule has 0 amide bonds. The maximum absolute atomic E-state index is 13.5. The number of hydrogen-bond acceptors (Lipinski definition) is 3. The number of unbranched alkanes of at least 4 members (excludes halogenated alkanes) is 1. The van der Waals surface area contributed by atoms with Crippen LogP contribution < -0.4 is 0 Å². The van der Waals surface area contributed by atoms with E-state index in [4.69, 9.17) is 14.3 Å². The Hall–Kier alpha value is -1.05. The van der Waals surface area contributed by atoms with Crippen LogP contribution in [0.25, 0.3) is 0 Å². The third-order valence-corrected chi connectivity index (χ3v) is 7.17. The molecule has 0 aliphatic carbocycles. The average molecular weight is 380 g/mol. The summed E-state index contributed by atoms with van der Waals surface area (Å²) in [5.74, 6) is -0.261. The molecule has 0 aliphatic heterocycles. The maximum atomic E-state index is 13.5. The summed E-state index contributed by atoms with van der Waals surface area (Å²) in [6, 6.07) is 6.48. The number of hydrogen-bond donors (Lipinski definition) is 3. The molecule has 0 saturated heterocycles. The summed E-state index contributed by atoms with van der Waals surface area (Å²) < 4.78 is 55.5. The molecule has 1 unspecified atom stereocenters. The molecule has 0 saturated carbocycles. The molecule has 1 rings (SSSR count). The van der Waals surface area contributed by atoms with Crippen LogP contribution in [-0.4, -0.2) is 27.7 Å². The second-order valence-electron chi connectivity index (χ2n) is 5.63. The van der Waals surface area contributed by atoms with E-state index in [0.717, 1.165) is 5.57 Å². The van der Waals surface area contributed by atoms with E-state index in [9.17, 15) is 17.4 Å². The molecular formula is C15H22FO6PS. The van der Waals surface area contributed by atoms with Gasteiger partial charge in [-0.3, -0.25) is 9.12 Å². The Morgan fingerprint density at radius 3 is 2.50 bits per heavy atom. The lowest BCUT2D eigenvalue weighted by Gasteiger charge is -2.14. The molecule has 0 fully saturated rings. The number of allylic oxidation sites excluding steroid dienone is 2. The van der Waals surface area contributed by atoms with Crippen molar-refractivity contribution in [3.8, 4) is 0 Å². The van der Waals surface area contributed by atoms with Gasteiger partial charge in [-0.2, -0.15) is 8.42 Å². The molecule has 0 heterocycles. The summed E-state index contributed by atoms with van der Waals surface area (Å²) in [6.07, 6.45) is 3.26. The van der Waals surface area contributed by atoms with Crippen LogP contribution in [0, 0.1) is 5.82 Å². The highest BCUT2D eigenvalue weighted by molar-refractivity contribution is 7.93. The highest BCUT2D eigenvalue weighted by Gasteiger charge is 2.38. The normalized spacial score (nSPS) is 14.6. The predicted molar refractivity (Wildman–Crippen MR) is 89.7 cm³/mol. The smallest absolute Gasteiger partial charge is 0.323 e. The standard InChI is InChI=1S/C15H22FO6PS/c1-12(10-11-13-7-3-4-8-14(13)16)6-2-5-9-15(23(17,18)19)24(20,21)22/h3-4,6-8,15H,2,5,9-11H2,1H3,(H2,17,18,19)(H,20,21,22). The van der Waals surface area contributed by atoms with E-state index in [2.05, 4.69) is 0 Å². The molecule has 6 nitrogen and oxygen atoms in total. The Bertz CT molecular complexity index is 725. The van der Waals surface area contributed by atoms with E-state index in [-0.39, 0.29) is 18.7 Å². The summed E-state index contributed by atoms with van der Waals surface area (Å²) >= 11 is 0. The first kappa shape index (κ1) is 21.0. The molecule has 1 atom stereocenters. The van der Waals surface area contributed by atoms with Crippen molar-refractivity contribution in [2.75, 3.05) is 0 Å². The van der Waals surface area contributed by atoms with Crippen molar-refractivity contribution in [1.29, 1.82) is 0 Å². The van der Waals surface area contributed by atoms with Crippen LogP contribution in [0.4, 0.5) is 4.39 Å². The van der Waals surface area contributed by atoms with Crippen LogP contribution in [0.1, 0.15) is 38.2 Å². The summed E-state index contributed by atoms with van der Waals surface area (Å²) in [7, 11) is -9.72. The van der Waals surface area contributed by atoms with Gasteiger partial charge in [-0.1, -0.05) is 29.8 Å². The third-order valence-electron chi connectivity index (χ3n) is 3.61. The van der Waals surface area contributed by atoms with Gasteiger partial charge in [0.05, 0.1) is 0 Å². The quantitative estimate of drug-likeness (QED) is 0.262. The molecule has 3 N–H and O–H groups in total. The highest BCUT2D eigenvalue weighted by atomic mass is 32.2. The van der Waals surface area contributed by atoms with Crippen molar-refractivity contribution in [1.82, 2.24) is 0 Å². The van der Waals surface area contributed by atoms with Crippen LogP contribution in [-0.2, 0) is 21.1 Å². The number of halogens is 1. The molecule has 136 valence electrons. The summed E-state index contributed by atoms with van der Waals surface area (Å²) in [6.45, 7) is 1.85. The number of rotatable bonds is 9. The second-order valence-corrected chi connectivity index (χ2v) is 9.38. The van der Waals surface area contributed by atoms with Crippen LogP contribution >= 0.6 is 7.60 Å². The van der Waals surface area contributed by atoms with E-state index in [1.54, 1.807) is 18.2 Å². The summed E-state index contributed by atoms with van der Waals surface area (Å²) in [5.41, 5.74) is 1.58. The Labute approximate surface area is 141 Å². The van der Waals surface area contributed by atoms with Crippen LogP contribution in [0.3, 0.4) is 0 Å². The van der Waals surface area contributed by atoms with Gasteiger partial charge in [0.1, 0.15) is 5.82 Å². The van der Waals surface area contributed by atoms with Gasteiger partial charge < -0.3 is 9.79 Å². The van der Waals surface area contributed by atoms with Crippen molar-refractivity contribution in [2.24, 2.45) is 0 Å². The average Bonchev–Trinajstić information content (AvgIpc) is 2.43. The van der Waals surface area contributed by atoms with Gasteiger partial charge in [-0.05, 0) is 50.7 Å². The molecule has 0 radical (unpaired) electrons. The molecular weight excluding hydrogens is 358 g/mol. The largest absolute Gasteiger partial charge is 0.346 e. The minimum Gasteiger partial charge on any atom is -0.323 e. The van der Waals surface area contributed by atoms with Crippen molar-refractivity contribution in [3.63, 3.8) is 0 Å². The summed E-state index contributed by atoms with van der Waals surface area (Å²) in [4.78, 5) is 15.9. The van der Waals surface area contributed by atoms with Crippen LogP contribution in [0.5, 0.6) is 0 Å². The van der Waals surface area contributed by atoms with Crippen LogP contribution in [0.15, 0.2) is 35.9 Å². The second kappa shape index (κ2) is 8.87. The molecule has 1 aromatic carbocycles. The molecule has 1 aromatic rings. The topological polar surface area (TPSA) is 112 Å². The molecule has 24 heavy (non-hydrogen) atoms. The van der Waals surface area contributed by atoms with Crippen molar-refractivity contribution in [3.05, 3.63) is 47.3 Å². The zero-order valence-corrected chi connectivity index (χ0v) is 15.0. The lowest BCUT2D eigenvalue weighted by atomic mass is 10.0. The van der Waals surface area contributed by atoms with E-state index < -0.39 is 22.7 Å². The predicted octanol–water partition coefficient (Wildman–Crippen LogP) is 3.27. The van der Waals surface area contributed by atoms with E-state index in [1.807, 2.05) is 13.0 Å². The van der Waals surface area contributed by atoms with E-state index in [1.165, 1.54) is 6.07 Å². The first-order valence-electron chi connectivity index (χ1n) is 7.42. The van der Waals surface area contributed by atoms with Gasteiger partial charge >= 0.3 is 7.60 Å². The molecule has 0 spiro atoms. The zero-order valence-electron chi connectivity index (χ0n) is 13.3. The molecule has 0 aliphatic rings. The zero-order chi connectivity index (χ0) is 18.4. The monoisotopic (exact) mass is 380 g/mol. The number of benzene rings is 1. The number of aryl methyl sites for hydroxylation is 1. The van der Waals surface area contributed by atoms with Crippen molar-refractivity contribution in [2.45, 2.75) is 44.0 Å². The van der Waals surface area contributed by atoms with Gasteiger partial charge in [0.15, 0.2) is 4.99 Å². The van der Waals surface area contributed by atoms with Crippen molar-refractivity contribution >= 4 is 17.7 Å². The molecule has 0 aromatic heterocycles. The summed E-state index contributed by atoms with van der Waals surface area (Å²) in [5, 5.41) is 0. The van der Waals surface area contributed by atoms with E-state index in [0.29, 0.717) is 24.8 Å². The highest BCUT2D eigenvalue weighted by Crippen LogP contribution is 2.46. The maximum Gasteiger partial charge on any atom is 0.346 e. The first-order valence-corrected chi connectivity index (χ1v) is 10.6. The first-order chi connectivity index (χ1) is 11.0. The van der Waals surface area contributed by atoms with Gasteiger partial charge in [-0.15, -0.1) is 0 Å². The SMILES string of the molecule is CC(=CCCCC(P(=O)(O)O)S(=O)(=O)O)CCc1ccccc1F. The van der Waals surface area contributed by atoms with Gasteiger partial charge in [0, 0.05) is 0 Å². The molecule has 9 heteroatoms. The fourth-order valence-electron chi connectivity index (χ4n) is 2.27. The fraction of sp³-hybridized carbons (Fsp3) is 0.467. The minimum absolute atomic E-state index is 0.201. The molecule has 0 bridgehead atoms. The van der Waals surface area contributed by atoms with Crippen LogP contribution in [0.2, 0.25) is 0 Å². The van der Waals surface area contributed by atoms with Gasteiger partial charge in [0.2, 0.25) is 0 Å².